The third-order valence-electron chi connectivity index (χ3n) is 4.52. The Bertz CT molecular complexity index is 657. The van der Waals surface area contributed by atoms with Gasteiger partial charge in [-0.05, 0) is 31.9 Å². The van der Waals surface area contributed by atoms with E-state index in [2.05, 4.69) is 40.2 Å². The second-order valence-corrected chi connectivity index (χ2v) is 6.65. The number of aryl methyl sites for hydroxylation is 1. The Kier molecular flexibility index (Phi) is 6.28. The molecule has 0 radical (unpaired) electrons. The number of nitrogens with zero attached hydrogens (tertiary/aromatic N) is 3. The number of imidazole rings is 1. The minimum absolute atomic E-state index is 0.615. The molecule has 136 valence electrons. The average Bonchev–Trinajstić information content (AvgIpc) is 3.26. The molecular formula is C19H29N5O. The predicted octanol–water partition coefficient (Wildman–Crippen LogP) is 2.43. The van der Waals surface area contributed by atoms with Gasteiger partial charge in [-0.3, -0.25) is 4.99 Å². The van der Waals surface area contributed by atoms with E-state index in [-0.39, 0.29) is 0 Å². The number of aliphatic imine (C=N–C) groups is 1. The number of ether oxygens (including phenoxy) is 1. The number of hydrogen-bond acceptors (Lipinski definition) is 3. The third kappa shape index (κ3) is 4.95. The lowest BCUT2D eigenvalue weighted by Gasteiger charge is -2.24. The summed E-state index contributed by atoms with van der Waals surface area (Å²) in [5.74, 6) is 2.64. The number of aromatic amines is 1. The minimum atomic E-state index is 0.615. The number of nitrogens with one attached hydrogen (secondary N) is 2. The van der Waals surface area contributed by atoms with Gasteiger partial charge in [0.05, 0.1) is 17.6 Å². The summed E-state index contributed by atoms with van der Waals surface area (Å²) in [5, 5.41) is 3.39. The van der Waals surface area contributed by atoms with Crippen molar-refractivity contribution in [3.8, 4) is 0 Å². The molecule has 2 heterocycles. The molecule has 1 atom stereocenters. The fraction of sp³-hybridized carbons (Fsp3) is 0.579. The maximum absolute atomic E-state index is 5.47. The van der Waals surface area contributed by atoms with Gasteiger partial charge in [0.25, 0.3) is 0 Å². The normalized spacial score (nSPS) is 18.0. The molecule has 2 aromatic rings. The van der Waals surface area contributed by atoms with E-state index >= 15 is 0 Å². The molecule has 6 nitrogen and oxygen atoms in total. The fourth-order valence-electron chi connectivity index (χ4n) is 3.23. The Morgan fingerprint density at radius 1 is 1.44 bits per heavy atom. The van der Waals surface area contributed by atoms with Crippen LogP contribution in [0.1, 0.15) is 25.6 Å². The summed E-state index contributed by atoms with van der Waals surface area (Å²) in [6.07, 6.45) is 3.04. The maximum Gasteiger partial charge on any atom is 0.193 e. The van der Waals surface area contributed by atoms with E-state index in [0.29, 0.717) is 5.92 Å². The fourth-order valence-corrected chi connectivity index (χ4v) is 3.23. The van der Waals surface area contributed by atoms with Gasteiger partial charge in [0.1, 0.15) is 5.82 Å². The molecule has 1 unspecified atom stereocenters. The lowest BCUT2D eigenvalue weighted by Crippen LogP contribution is -2.41. The van der Waals surface area contributed by atoms with Crippen LogP contribution in [-0.4, -0.2) is 60.7 Å². The molecule has 0 aliphatic carbocycles. The highest BCUT2D eigenvalue weighted by Gasteiger charge is 2.18. The van der Waals surface area contributed by atoms with Crippen molar-refractivity contribution in [1.29, 1.82) is 0 Å². The molecule has 6 heteroatoms. The SMILES string of the molecule is CCNC(=NCCCc1nc2ccccc2[nH]1)N(C)CC1CCOC1. The molecule has 1 aromatic heterocycles. The van der Waals surface area contributed by atoms with Crippen LogP contribution >= 0.6 is 0 Å². The lowest BCUT2D eigenvalue weighted by atomic mass is 10.1. The summed E-state index contributed by atoms with van der Waals surface area (Å²) < 4.78 is 5.47. The summed E-state index contributed by atoms with van der Waals surface area (Å²) in [5.41, 5.74) is 2.14. The number of rotatable bonds is 7. The van der Waals surface area contributed by atoms with Gasteiger partial charge in [-0.1, -0.05) is 12.1 Å². The van der Waals surface area contributed by atoms with E-state index in [4.69, 9.17) is 9.73 Å². The van der Waals surface area contributed by atoms with Crippen molar-refractivity contribution in [2.24, 2.45) is 10.9 Å². The highest BCUT2D eigenvalue weighted by Crippen LogP contribution is 2.13. The van der Waals surface area contributed by atoms with Gasteiger partial charge in [0.15, 0.2) is 5.96 Å². The van der Waals surface area contributed by atoms with Crippen molar-refractivity contribution in [2.45, 2.75) is 26.2 Å². The molecule has 0 bridgehead atoms. The van der Waals surface area contributed by atoms with Crippen LogP contribution in [0.3, 0.4) is 0 Å². The molecule has 3 rings (SSSR count). The first kappa shape index (κ1) is 17.7. The van der Waals surface area contributed by atoms with Crippen LogP contribution in [0.5, 0.6) is 0 Å². The Labute approximate surface area is 149 Å². The largest absolute Gasteiger partial charge is 0.381 e. The predicted molar refractivity (Wildman–Crippen MR) is 102 cm³/mol. The summed E-state index contributed by atoms with van der Waals surface area (Å²) in [7, 11) is 2.11. The zero-order valence-electron chi connectivity index (χ0n) is 15.3. The quantitative estimate of drug-likeness (QED) is 0.460. The molecule has 1 aliphatic rings. The van der Waals surface area contributed by atoms with Gasteiger partial charge < -0.3 is 19.9 Å². The van der Waals surface area contributed by atoms with Crippen LogP contribution in [0, 0.1) is 5.92 Å². The standard InChI is InChI=1S/C19H29N5O/c1-3-20-19(24(2)13-15-10-12-25-14-15)21-11-6-9-18-22-16-7-4-5-8-17(16)23-18/h4-5,7-8,15H,3,6,9-14H2,1-2H3,(H,20,21)(H,22,23). The number of guanidine groups is 1. The second kappa shape index (κ2) is 8.85. The van der Waals surface area contributed by atoms with E-state index in [1.807, 2.05) is 18.2 Å². The summed E-state index contributed by atoms with van der Waals surface area (Å²) in [6.45, 7) is 6.55. The molecule has 0 amide bonds. The molecule has 1 aromatic carbocycles. The van der Waals surface area contributed by atoms with Crippen molar-refractivity contribution in [1.82, 2.24) is 20.2 Å². The third-order valence-corrected chi connectivity index (χ3v) is 4.52. The topological polar surface area (TPSA) is 65.5 Å². The van der Waals surface area contributed by atoms with Gasteiger partial charge in [-0.25, -0.2) is 4.98 Å². The zero-order valence-corrected chi connectivity index (χ0v) is 15.3. The van der Waals surface area contributed by atoms with Gasteiger partial charge in [-0.15, -0.1) is 0 Å². The van der Waals surface area contributed by atoms with E-state index in [1.54, 1.807) is 0 Å². The first-order chi connectivity index (χ1) is 12.3. The van der Waals surface area contributed by atoms with E-state index in [9.17, 15) is 0 Å². The number of para-hydroxylation sites is 2. The lowest BCUT2D eigenvalue weighted by molar-refractivity contribution is 0.181. The van der Waals surface area contributed by atoms with Crippen molar-refractivity contribution in [2.75, 3.05) is 39.9 Å². The number of hydrogen-bond donors (Lipinski definition) is 2. The number of fused-ring (bicyclic) bond motifs is 1. The molecule has 0 spiro atoms. The first-order valence-corrected chi connectivity index (χ1v) is 9.27. The molecular weight excluding hydrogens is 314 g/mol. The van der Waals surface area contributed by atoms with Gasteiger partial charge in [0, 0.05) is 45.6 Å². The van der Waals surface area contributed by atoms with Crippen LogP contribution in [0.25, 0.3) is 11.0 Å². The van der Waals surface area contributed by atoms with Crippen molar-refractivity contribution >= 4 is 17.0 Å². The Balaban J connectivity index is 1.50. The molecule has 25 heavy (non-hydrogen) atoms. The van der Waals surface area contributed by atoms with Crippen molar-refractivity contribution < 1.29 is 4.74 Å². The van der Waals surface area contributed by atoms with Gasteiger partial charge >= 0.3 is 0 Å². The minimum Gasteiger partial charge on any atom is -0.381 e. The maximum atomic E-state index is 5.47. The van der Waals surface area contributed by atoms with Crippen LogP contribution < -0.4 is 5.32 Å². The molecule has 1 saturated heterocycles. The number of benzene rings is 1. The monoisotopic (exact) mass is 343 g/mol. The van der Waals surface area contributed by atoms with Crippen LogP contribution in [0.4, 0.5) is 0 Å². The van der Waals surface area contributed by atoms with Crippen molar-refractivity contribution in [3.05, 3.63) is 30.1 Å². The van der Waals surface area contributed by atoms with E-state index in [1.165, 1.54) is 0 Å². The van der Waals surface area contributed by atoms with Crippen LogP contribution in [0.15, 0.2) is 29.3 Å². The highest BCUT2D eigenvalue weighted by molar-refractivity contribution is 5.79. The van der Waals surface area contributed by atoms with E-state index in [0.717, 1.165) is 74.9 Å². The average molecular weight is 343 g/mol. The Morgan fingerprint density at radius 2 is 2.32 bits per heavy atom. The summed E-state index contributed by atoms with van der Waals surface area (Å²) >= 11 is 0. The number of aromatic nitrogens is 2. The second-order valence-electron chi connectivity index (χ2n) is 6.65. The van der Waals surface area contributed by atoms with Gasteiger partial charge in [0.2, 0.25) is 0 Å². The zero-order chi connectivity index (χ0) is 17.5. The van der Waals surface area contributed by atoms with Crippen LogP contribution in [0.2, 0.25) is 0 Å². The summed E-state index contributed by atoms with van der Waals surface area (Å²) in [6, 6.07) is 8.15. The molecule has 1 fully saturated rings. The van der Waals surface area contributed by atoms with Gasteiger partial charge in [-0.2, -0.15) is 0 Å². The molecule has 0 saturated carbocycles. The highest BCUT2D eigenvalue weighted by atomic mass is 16.5. The smallest absolute Gasteiger partial charge is 0.193 e. The Hall–Kier alpha value is -2.08. The van der Waals surface area contributed by atoms with Crippen molar-refractivity contribution in [3.63, 3.8) is 0 Å². The summed E-state index contributed by atoms with van der Waals surface area (Å²) in [4.78, 5) is 15.0. The Morgan fingerprint density at radius 3 is 3.08 bits per heavy atom. The molecule has 1 aliphatic heterocycles. The van der Waals surface area contributed by atoms with E-state index < -0.39 is 0 Å². The number of H-pyrrole nitrogens is 1. The first-order valence-electron chi connectivity index (χ1n) is 9.27. The van der Waals surface area contributed by atoms with Crippen LogP contribution in [-0.2, 0) is 11.2 Å². The molecule has 2 N–H and O–H groups in total.